The van der Waals surface area contributed by atoms with Crippen LogP contribution in [0.5, 0.6) is 0 Å². The Morgan fingerprint density at radius 1 is 1.41 bits per heavy atom. The van der Waals surface area contributed by atoms with Gasteiger partial charge >= 0.3 is 0 Å². The highest BCUT2D eigenvalue weighted by atomic mass is 32.1. The molecule has 2 heterocycles. The molecule has 17 heavy (non-hydrogen) atoms. The minimum atomic E-state index is -0.420. The van der Waals surface area contributed by atoms with Crippen LogP contribution < -0.4 is 0 Å². The summed E-state index contributed by atoms with van der Waals surface area (Å²) >= 11 is 3.02. The van der Waals surface area contributed by atoms with Crippen molar-refractivity contribution in [2.75, 3.05) is 0 Å². The third kappa shape index (κ3) is 3.34. The summed E-state index contributed by atoms with van der Waals surface area (Å²) in [4.78, 5) is 0.946. The maximum Gasteiger partial charge on any atom is 0.0920 e. The third-order valence-corrected chi connectivity index (χ3v) is 4.26. The Kier molecular flexibility index (Phi) is 4.65. The van der Waals surface area contributed by atoms with Crippen molar-refractivity contribution in [1.29, 1.82) is 0 Å². The van der Waals surface area contributed by atoms with Gasteiger partial charge < -0.3 is 5.11 Å². The zero-order chi connectivity index (χ0) is 12.1. The quantitative estimate of drug-likeness (QED) is 0.875. The summed E-state index contributed by atoms with van der Waals surface area (Å²) in [7, 11) is 0. The van der Waals surface area contributed by atoms with Crippen LogP contribution in [0.3, 0.4) is 0 Å². The SMILES string of the molecule is CCCc1nnsc1C(O)CCc1ccsc1. The summed E-state index contributed by atoms with van der Waals surface area (Å²) < 4.78 is 3.94. The number of hydrogen-bond acceptors (Lipinski definition) is 5. The number of rotatable bonds is 6. The molecule has 0 aliphatic rings. The molecule has 0 fully saturated rings. The molecule has 0 radical (unpaired) electrons. The summed E-state index contributed by atoms with van der Waals surface area (Å²) in [6, 6.07) is 2.11. The highest BCUT2D eigenvalue weighted by molar-refractivity contribution is 7.08. The number of hydrogen-bond donors (Lipinski definition) is 1. The van der Waals surface area contributed by atoms with Gasteiger partial charge in [-0.2, -0.15) is 11.3 Å². The first-order valence-corrected chi connectivity index (χ1v) is 7.53. The lowest BCUT2D eigenvalue weighted by Gasteiger charge is -2.08. The van der Waals surface area contributed by atoms with Gasteiger partial charge in [0.05, 0.1) is 16.7 Å². The van der Waals surface area contributed by atoms with Crippen molar-refractivity contribution in [1.82, 2.24) is 9.59 Å². The van der Waals surface area contributed by atoms with Crippen molar-refractivity contribution >= 4 is 22.9 Å². The molecule has 0 amide bonds. The van der Waals surface area contributed by atoms with Crippen molar-refractivity contribution in [2.45, 2.75) is 38.7 Å². The van der Waals surface area contributed by atoms with Gasteiger partial charge in [0.15, 0.2) is 0 Å². The number of aryl methyl sites for hydroxylation is 2. The summed E-state index contributed by atoms with van der Waals surface area (Å²) in [5.41, 5.74) is 2.26. The fourth-order valence-electron chi connectivity index (χ4n) is 1.75. The third-order valence-electron chi connectivity index (χ3n) is 2.66. The summed E-state index contributed by atoms with van der Waals surface area (Å²) in [5.74, 6) is 0. The normalized spacial score (nSPS) is 12.8. The van der Waals surface area contributed by atoms with Gasteiger partial charge in [-0.25, -0.2) is 0 Å². The van der Waals surface area contributed by atoms with Crippen molar-refractivity contribution in [3.05, 3.63) is 33.0 Å². The van der Waals surface area contributed by atoms with E-state index in [0.717, 1.165) is 36.3 Å². The van der Waals surface area contributed by atoms with E-state index < -0.39 is 6.10 Å². The standard InChI is InChI=1S/C12H16N2OS2/c1-2-3-10-12(17-14-13-10)11(15)5-4-9-6-7-16-8-9/h6-8,11,15H,2-5H2,1H3. The Labute approximate surface area is 109 Å². The zero-order valence-corrected chi connectivity index (χ0v) is 11.4. The van der Waals surface area contributed by atoms with E-state index in [1.165, 1.54) is 17.1 Å². The van der Waals surface area contributed by atoms with Gasteiger partial charge in [0.25, 0.3) is 0 Å². The van der Waals surface area contributed by atoms with Crippen LogP contribution in [0.1, 0.15) is 42.0 Å². The Morgan fingerprint density at radius 3 is 3.00 bits per heavy atom. The first-order chi connectivity index (χ1) is 8.31. The minimum Gasteiger partial charge on any atom is -0.387 e. The molecule has 1 unspecified atom stereocenters. The molecule has 0 spiro atoms. The summed E-state index contributed by atoms with van der Waals surface area (Å²) in [6.45, 7) is 2.11. The molecule has 2 aromatic rings. The van der Waals surface area contributed by atoms with Gasteiger partial charge in [-0.3, -0.25) is 0 Å². The Bertz CT molecular complexity index is 439. The van der Waals surface area contributed by atoms with E-state index in [9.17, 15) is 5.11 Å². The molecule has 2 aromatic heterocycles. The van der Waals surface area contributed by atoms with Gasteiger partial charge in [-0.1, -0.05) is 17.8 Å². The number of thiophene rings is 1. The van der Waals surface area contributed by atoms with E-state index in [1.807, 2.05) is 0 Å². The van der Waals surface area contributed by atoms with Gasteiger partial charge in [0.1, 0.15) is 0 Å². The molecular weight excluding hydrogens is 252 g/mol. The highest BCUT2D eigenvalue weighted by Gasteiger charge is 2.16. The predicted octanol–water partition coefficient (Wildman–Crippen LogP) is 3.22. The first kappa shape index (κ1) is 12.7. The van der Waals surface area contributed by atoms with Crippen molar-refractivity contribution in [2.24, 2.45) is 0 Å². The minimum absolute atomic E-state index is 0.420. The van der Waals surface area contributed by atoms with Crippen LogP contribution in [0, 0.1) is 0 Å². The van der Waals surface area contributed by atoms with E-state index in [4.69, 9.17) is 0 Å². The van der Waals surface area contributed by atoms with Crippen LogP contribution in [0.2, 0.25) is 0 Å². The number of nitrogens with zero attached hydrogens (tertiary/aromatic N) is 2. The summed E-state index contributed by atoms with van der Waals surface area (Å²) in [5, 5.41) is 18.4. The topological polar surface area (TPSA) is 46.0 Å². The second-order valence-electron chi connectivity index (χ2n) is 4.02. The van der Waals surface area contributed by atoms with E-state index >= 15 is 0 Å². The smallest absolute Gasteiger partial charge is 0.0920 e. The fourth-order valence-corrected chi connectivity index (χ4v) is 3.17. The van der Waals surface area contributed by atoms with Crippen LogP contribution in [0.25, 0.3) is 0 Å². The monoisotopic (exact) mass is 268 g/mol. The van der Waals surface area contributed by atoms with Crippen molar-refractivity contribution in [3.63, 3.8) is 0 Å². The number of aliphatic hydroxyl groups excluding tert-OH is 1. The number of aromatic nitrogens is 2. The second kappa shape index (κ2) is 6.23. The van der Waals surface area contributed by atoms with E-state index in [2.05, 4.69) is 33.3 Å². The van der Waals surface area contributed by atoms with Gasteiger partial charge in [0, 0.05) is 0 Å². The average molecular weight is 268 g/mol. The first-order valence-electron chi connectivity index (χ1n) is 5.81. The van der Waals surface area contributed by atoms with Crippen LogP contribution in [-0.2, 0) is 12.8 Å². The maximum absolute atomic E-state index is 10.1. The highest BCUT2D eigenvalue weighted by Crippen LogP contribution is 2.25. The Morgan fingerprint density at radius 2 is 2.29 bits per heavy atom. The molecule has 1 atom stereocenters. The lowest BCUT2D eigenvalue weighted by molar-refractivity contribution is 0.170. The maximum atomic E-state index is 10.1. The van der Waals surface area contributed by atoms with Crippen LogP contribution >= 0.6 is 22.9 Å². The molecule has 0 bridgehead atoms. The van der Waals surface area contributed by atoms with E-state index in [-0.39, 0.29) is 0 Å². The molecule has 0 saturated heterocycles. The lowest BCUT2D eigenvalue weighted by Crippen LogP contribution is -2.01. The zero-order valence-electron chi connectivity index (χ0n) is 9.80. The van der Waals surface area contributed by atoms with Crippen molar-refractivity contribution < 1.29 is 5.11 Å². The molecule has 0 saturated carbocycles. The molecule has 92 valence electrons. The molecular formula is C12H16N2OS2. The Balaban J connectivity index is 1.94. The van der Waals surface area contributed by atoms with Crippen LogP contribution in [0.4, 0.5) is 0 Å². The van der Waals surface area contributed by atoms with Gasteiger partial charge in [-0.05, 0) is 53.2 Å². The molecule has 1 N–H and O–H groups in total. The Hall–Kier alpha value is -0.780. The number of aliphatic hydroxyl groups is 1. The average Bonchev–Trinajstić information content (AvgIpc) is 2.97. The largest absolute Gasteiger partial charge is 0.387 e. The predicted molar refractivity (Wildman–Crippen MR) is 71.5 cm³/mol. The molecule has 0 aliphatic heterocycles. The van der Waals surface area contributed by atoms with Crippen molar-refractivity contribution in [3.8, 4) is 0 Å². The van der Waals surface area contributed by atoms with E-state index in [1.54, 1.807) is 11.3 Å². The fraction of sp³-hybridized carbons (Fsp3) is 0.500. The van der Waals surface area contributed by atoms with Gasteiger partial charge in [0.2, 0.25) is 0 Å². The van der Waals surface area contributed by atoms with E-state index in [0.29, 0.717) is 0 Å². The molecule has 3 nitrogen and oxygen atoms in total. The van der Waals surface area contributed by atoms with Crippen LogP contribution in [0.15, 0.2) is 16.8 Å². The summed E-state index contributed by atoms with van der Waals surface area (Å²) in [6.07, 6.45) is 3.18. The van der Waals surface area contributed by atoms with Gasteiger partial charge in [-0.15, -0.1) is 5.10 Å². The van der Waals surface area contributed by atoms with Crippen LogP contribution in [-0.4, -0.2) is 14.7 Å². The molecule has 0 aromatic carbocycles. The molecule has 5 heteroatoms. The second-order valence-corrected chi connectivity index (χ2v) is 5.59. The molecule has 2 rings (SSSR count). The lowest BCUT2D eigenvalue weighted by atomic mass is 10.1. The molecule has 0 aliphatic carbocycles.